The van der Waals surface area contributed by atoms with Gasteiger partial charge in [-0.25, -0.2) is 8.42 Å². The number of nitrogens with zero attached hydrogens (tertiary/aromatic N) is 1. The van der Waals surface area contributed by atoms with Crippen molar-refractivity contribution >= 4 is 10.0 Å². The van der Waals surface area contributed by atoms with Crippen LogP contribution in [0.3, 0.4) is 0 Å². The third-order valence-corrected chi connectivity index (χ3v) is 6.11. The van der Waals surface area contributed by atoms with Crippen LogP contribution in [0.5, 0.6) is 0 Å². The number of aryl methyl sites for hydroxylation is 1. The number of hydrogen-bond acceptors (Lipinski definition) is 2. The molecule has 2 fully saturated rings. The average Bonchev–Trinajstić information content (AvgIpc) is 3.00. The summed E-state index contributed by atoms with van der Waals surface area (Å²) in [6, 6.07) is 5.89. The van der Waals surface area contributed by atoms with Gasteiger partial charge in [-0.05, 0) is 54.7 Å². The topological polar surface area (TPSA) is 37.4 Å². The van der Waals surface area contributed by atoms with E-state index < -0.39 is 16.1 Å². The Labute approximate surface area is 113 Å². The highest BCUT2D eigenvalue weighted by molar-refractivity contribution is 7.89. The molecule has 3 atom stereocenters. The number of sulfonamides is 1. The van der Waals surface area contributed by atoms with Crippen molar-refractivity contribution in [2.75, 3.05) is 0 Å². The predicted octanol–water partition coefficient (Wildman–Crippen LogP) is 3.06. The smallest absolute Gasteiger partial charge is 0.205 e. The molecule has 3 nitrogen and oxygen atoms in total. The van der Waals surface area contributed by atoms with Crippen molar-refractivity contribution in [3.8, 4) is 0 Å². The SMILES string of the molecule is Cc1ccc(S(=O)(=O)N(F)[C@@H]2C[C@H]3CC[C@@H]2C3)cc1. The summed E-state index contributed by atoms with van der Waals surface area (Å²) in [4.78, 5) is 0.0448. The Hall–Kier alpha value is -0.940. The van der Waals surface area contributed by atoms with E-state index in [2.05, 4.69) is 0 Å². The van der Waals surface area contributed by atoms with Crippen LogP contribution in [0.4, 0.5) is 4.48 Å². The number of fused-ring (bicyclic) bond motifs is 2. The van der Waals surface area contributed by atoms with E-state index in [1.54, 1.807) is 12.1 Å². The highest BCUT2D eigenvalue weighted by Gasteiger charge is 2.46. The first-order chi connectivity index (χ1) is 8.98. The molecule has 2 aliphatic carbocycles. The van der Waals surface area contributed by atoms with Crippen LogP contribution in [-0.2, 0) is 10.0 Å². The van der Waals surface area contributed by atoms with Crippen LogP contribution >= 0.6 is 0 Å². The lowest BCUT2D eigenvalue weighted by molar-refractivity contribution is 0.0540. The minimum atomic E-state index is -3.99. The standard InChI is InChI=1S/C14H18FNO2S/c1-10-2-6-13(7-3-10)19(17,18)16(15)14-9-11-4-5-12(14)8-11/h2-3,6-7,11-12,14H,4-5,8-9H2,1H3/t11-,12+,14+/m0/s1. The van der Waals surface area contributed by atoms with Gasteiger partial charge in [-0.2, -0.15) is 0 Å². The summed E-state index contributed by atoms with van der Waals surface area (Å²) < 4.78 is 39.0. The van der Waals surface area contributed by atoms with Gasteiger partial charge in [0.1, 0.15) is 0 Å². The maximum atomic E-state index is 14.4. The zero-order valence-corrected chi connectivity index (χ0v) is 11.7. The molecular formula is C14H18FNO2S. The highest BCUT2D eigenvalue weighted by atomic mass is 32.2. The molecule has 3 rings (SSSR count). The molecule has 2 aliphatic rings. The van der Waals surface area contributed by atoms with Crippen LogP contribution in [0.25, 0.3) is 0 Å². The summed E-state index contributed by atoms with van der Waals surface area (Å²) in [5, 5.41) is 0. The average molecular weight is 283 g/mol. The van der Waals surface area contributed by atoms with Crippen molar-refractivity contribution < 1.29 is 12.9 Å². The summed E-state index contributed by atoms with van der Waals surface area (Å²) in [6.07, 6.45) is 3.74. The quantitative estimate of drug-likeness (QED) is 0.800. The van der Waals surface area contributed by atoms with E-state index in [-0.39, 0.29) is 15.3 Å². The lowest BCUT2D eigenvalue weighted by atomic mass is 9.96. The van der Waals surface area contributed by atoms with Gasteiger partial charge in [-0.15, -0.1) is 4.48 Å². The van der Waals surface area contributed by atoms with E-state index in [0.29, 0.717) is 12.3 Å². The minimum Gasteiger partial charge on any atom is -0.205 e. The van der Waals surface area contributed by atoms with Gasteiger partial charge < -0.3 is 0 Å². The fraction of sp³-hybridized carbons (Fsp3) is 0.571. The molecule has 2 bridgehead atoms. The van der Waals surface area contributed by atoms with E-state index >= 15 is 0 Å². The van der Waals surface area contributed by atoms with Crippen molar-refractivity contribution in [2.45, 2.75) is 43.5 Å². The molecule has 104 valence electrons. The Bertz CT molecular complexity index is 570. The molecule has 5 heteroatoms. The first-order valence-corrected chi connectivity index (χ1v) is 8.19. The van der Waals surface area contributed by atoms with E-state index in [4.69, 9.17) is 0 Å². The second kappa shape index (κ2) is 4.56. The van der Waals surface area contributed by atoms with Crippen molar-refractivity contribution in [1.29, 1.82) is 0 Å². The number of benzene rings is 1. The number of halogens is 1. The van der Waals surface area contributed by atoms with Crippen LogP contribution in [0.1, 0.15) is 31.2 Å². The first kappa shape index (κ1) is 13.1. The Morgan fingerprint density at radius 2 is 1.84 bits per heavy atom. The third kappa shape index (κ3) is 2.19. The second-order valence-corrected chi connectivity index (χ2v) is 7.57. The molecule has 0 spiro atoms. The molecule has 0 aromatic heterocycles. The maximum absolute atomic E-state index is 14.4. The van der Waals surface area contributed by atoms with Crippen LogP contribution in [0.15, 0.2) is 29.2 Å². The van der Waals surface area contributed by atoms with Crippen molar-refractivity contribution in [3.05, 3.63) is 29.8 Å². The van der Waals surface area contributed by atoms with E-state index in [1.165, 1.54) is 12.1 Å². The fourth-order valence-corrected chi connectivity index (χ4v) is 4.75. The van der Waals surface area contributed by atoms with Gasteiger partial charge >= 0.3 is 0 Å². The Kier molecular flexibility index (Phi) is 3.14. The van der Waals surface area contributed by atoms with Gasteiger partial charge in [0.2, 0.25) is 0 Å². The lowest BCUT2D eigenvalue weighted by Crippen LogP contribution is -2.37. The zero-order valence-electron chi connectivity index (χ0n) is 10.9. The zero-order chi connectivity index (χ0) is 13.6. The van der Waals surface area contributed by atoms with Crippen molar-refractivity contribution in [2.24, 2.45) is 11.8 Å². The summed E-state index contributed by atoms with van der Waals surface area (Å²) in [6.45, 7) is 1.87. The molecule has 1 aromatic rings. The van der Waals surface area contributed by atoms with Gasteiger partial charge in [0.05, 0.1) is 10.9 Å². The molecule has 1 aromatic carbocycles. The van der Waals surface area contributed by atoms with Gasteiger partial charge in [0.25, 0.3) is 10.0 Å². The minimum absolute atomic E-state index is 0.0448. The van der Waals surface area contributed by atoms with Gasteiger partial charge in [0, 0.05) is 0 Å². The fourth-order valence-electron chi connectivity index (χ4n) is 3.45. The number of hydrogen-bond donors (Lipinski definition) is 0. The highest BCUT2D eigenvalue weighted by Crippen LogP contribution is 2.47. The number of rotatable bonds is 3. The lowest BCUT2D eigenvalue weighted by Gasteiger charge is -2.26. The van der Waals surface area contributed by atoms with Gasteiger partial charge in [-0.3, -0.25) is 0 Å². The summed E-state index contributed by atoms with van der Waals surface area (Å²) in [5.41, 5.74) is 0.962. The monoisotopic (exact) mass is 283 g/mol. The molecule has 0 amide bonds. The van der Waals surface area contributed by atoms with Crippen LogP contribution in [-0.4, -0.2) is 19.0 Å². The van der Waals surface area contributed by atoms with Crippen molar-refractivity contribution in [3.63, 3.8) is 0 Å². The van der Waals surface area contributed by atoms with Crippen LogP contribution in [0, 0.1) is 18.8 Å². The molecule has 0 aliphatic heterocycles. The van der Waals surface area contributed by atoms with E-state index in [0.717, 1.165) is 24.8 Å². The molecular weight excluding hydrogens is 265 g/mol. The molecule has 0 N–H and O–H groups in total. The molecule has 0 unspecified atom stereocenters. The van der Waals surface area contributed by atoms with Crippen LogP contribution < -0.4 is 0 Å². The van der Waals surface area contributed by atoms with E-state index in [1.807, 2.05) is 6.92 Å². The first-order valence-electron chi connectivity index (χ1n) is 6.75. The molecule has 2 saturated carbocycles. The molecule has 0 radical (unpaired) electrons. The van der Waals surface area contributed by atoms with Crippen LogP contribution in [0.2, 0.25) is 0 Å². The normalized spacial score (nSPS) is 30.2. The second-order valence-electron chi connectivity index (χ2n) is 5.80. The third-order valence-electron chi connectivity index (χ3n) is 4.51. The molecule has 0 heterocycles. The van der Waals surface area contributed by atoms with Crippen molar-refractivity contribution in [1.82, 2.24) is 4.53 Å². The van der Waals surface area contributed by atoms with E-state index in [9.17, 15) is 12.9 Å². The summed E-state index contributed by atoms with van der Waals surface area (Å²) >= 11 is 0. The summed E-state index contributed by atoms with van der Waals surface area (Å²) in [7, 11) is -3.99. The van der Waals surface area contributed by atoms with Gasteiger partial charge in [0.15, 0.2) is 0 Å². The van der Waals surface area contributed by atoms with Gasteiger partial charge in [-0.1, -0.05) is 24.1 Å². The predicted molar refractivity (Wildman–Crippen MR) is 70.5 cm³/mol. The molecule has 0 saturated heterocycles. The Morgan fingerprint density at radius 1 is 1.16 bits per heavy atom. The largest absolute Gasteiger partial charge is 0.269 e. The molecule has 19 heavy (non-hydrogen) atoms. The Morgan fingerprint density at radius 3 is 2.37 bits per heavy atom. The summed E-state index contributed by atoms with van der Waals surface area (Å²) in [5.74, 6) is 0.719. The maximum Gasteiger partial charge on any atom is 0.269 e. The Balaban J connectivity index is 1.86.